The van der Waals surface area contributed by atoms with Gasteiger partial charge in [0.2, 0.25) is 0 Å². The lowest BCUT2D eigenvalue weighted by molar-refractivity contribution is 0.974. The van der Waals surface area contributed by atoms with E-state index in [-0.39, 0.29) is 0 Å². The fourth-order valence-corrected chi connectivity index (χ4v) is 2.82. The van der Waals surface area contributed by atoms with Crippen molar-refractivity contribution in [1.82, 2.24) is 15.0 Å². The van der Waals surface area contributed by atoms with Gasteiger partial charge >= 0.3 is 0 Å². The lowest BCUT2D eigenvalue weighted by atomic mass is 10.1. The molecule has 0 unspecified atom stereocenters. The fraction of sp³-hybridized carbons (Fsp3) is 0.231. The summed E-state index contributed by atoms with van der Waals surface area (Å²) in [4.78, 5) is 13.5. The van der Waals surface area contributed by atoms with E-state index in [1.165, 1.54) is 5.56 Å². The monoisotopic (exact) mass is 258 g/mol. The molecule has 5 heteroatoms. The highest BCUT2D eigenvalue weighted by atomic mass is 32.1. The van der Waals surface area contributed by atoms with Gasteiger partial charge in [0.1, 0.15) is 5.65 Å². The Morgan fingerprint density at radius 3 is 3.00 bits per heavy atom. The predicted molar refractivity (Wildman–Crippen MR) is 74.7 cm³/mol. The van der Waals surface area contributed by atoms with Gasteiger partial charge in [-0.25, -0.2) is 9.97 Å². The minimum Gasteiger partial charge on any atom is -0.346 e. The maximum atomic E-state index is 5.61. The van der Waals surface area contributed by atoms with E-state index in [0.29, 0.717) is 6.54 Å². The zero-order valence-electron chi connectivity index (χ0n) is 10.1. The van der Waals surface area contributed by atoms with E-state index in [2.05, 4.69) is 15.0 Å². The third kappa shape index (κ3) is 1.81. The maximum absolute atomic E-state index is 5.61. The molecule has 92 valence electrons. The molecule has 0 saturated heterocycles. The summed E-state index contributed by atoms with van der Waals surface area (Å²) in [6.45, 7) is 2.66. The largest absolute Gasteiger partial charge is 0.346 e. The molecule has 3 aromatic rings. The second kappa shape index (κ2) is 4.51. The number of hydrogen-bond donors (Lipinski definition) is 2. The number of nitrogens with two attached hydrogens (primary N) is 1. The first-order chi connectivity index (χ1) is 8.79. The van der Waals surface area contributed by atoms with Crippen molar-refractivity contribution in [2.45, 2.75) is 13.3 Å². The molecule has 0 aromatic carbocycles. The standard InChI is InChI=1S/C13H14N4S/c1-8-11-9(4-5-14)7-15-13(11)17-12(16-8)10-3-2-6-18-10/h2-3,6-7H,4-5,14H2,1H3,(H,15,16,17). The van der Waals surface area contributed by atoms with Gasteiger partial charge in [-0.15, -0.1) is 11.3 Å². The zero-order chi connectivity index (χ0) is 12.5. The van der Waals surface area contributed by atoms with Crippen molar-refractivity contribution in [3.8, 4) is 10.7 Å². The summed E-state index contributed by atoms with van der Waals surface area (Å²) < 4.78 is 0. The number of rotatable bonds is 3. The van der Waals surface area contributed by atoms with Crippen molar-refractivity contribution in [3.63, 3.8) is 0 Å². The molecule has 0 aliphatic carbocycles. The van der Waals surface area contributed by atoms with E-state index < -0.39 is 0 Å². The molecule has 0 aliphatic rings. The van der Waals surface area contributed by atoms with Crippen LogP contribution < -0.4 is 5.73 Å². The second-order valence-corrected chi connectivity index (χ2v) is 5.13. The lowest BCUT2D eigenvalue weighted by Gasteiger charge is -2.02. The van der Waals surface area contributed by atoms with Gasteiger partial charge in [-0.3, -0.25) is 0 Å². The van der Waals surface area contributed by atoms with Crippen LogP contribution in [0, 0.1) is 6.92 Å². The number of aryl methyl sites for hydroxylation is 1. The third-order valence-electron chi connectivity index (χ3n) is 2.95. The Labute approximate surface area is 109 Å². The van der Waals surface area contributed by atoms with E-state index in [0.717, 1.165) is 33.8 Å². The lowest BCUT2D eigenvalue weighted by Crippen LogP contribution is -2.02. The van der Waals surface area contributed by atoms with Crippen molar-refractivity contribution in [2.75, 3.05) is 6.54 Å². The average Bonchev–Trinajstić information content (AvgIpc) is 2.98. The van der Waals surface area contributed by atoms with Crippen LogP contribution in [0.3, 0.4) is 0 Å². The number of fused-ring (bicyclic) bond motifs is 1. The number of nitrogens with one attached hydrogen (secondary N) is 1. The summed E-state index contributed by atoms with van der Waals surface area (Å²) in [5.41, 5.74) is 8.72. The average molecular weight is 258 g/mol. The quantitative estimate of drug-likeness (QED) is 0.758. The van der Waals surface area contributed by atoms with E-state index in [1.54, 1.807) is 11.3 Å². The molecule has 0 spiro atoms. The van der Waals surface area contributed by atoms with Gasteiger partial charge in [0.25, 0.3) is 0 Å². The number of H-pyrrole nitrogens is 1. The Morgan fingerprint density at radius 2 is 2.28 bits per heavy atom. The topological polar surface area (TPSA) is 67.6 Å². The van der Waals surface area contributed by atoms with E-state index >= 15 is 0 Å². The Balaban J connectivity index is 2.17. The van der Waals surface area contributed by atoms with Gasteiger partial charge in [0.05, 0.1) is 10.6 Å². The summed E-state index contributed by atoms with van der Waals surface area (Å²) in [6, 6.07) is 4.05. The van der Waals surface area contributed by atoms with Gasteiger partial charge in [-0.05, 0) is 36.9 Å². The second-order valence-electron chi connectivity index (χ2n) is 4.19. The molecule has 4 nitrogen and oxygen atoms in total. The molecule has 0 amide bonds. The van der Waals surface area contributed by atoms with Crippen LogP contribution in [-0.4, -0.2) is 21.5 Å². The summed E-state index contributed by atoms with van der Waals surface area (Å²) in [6.07, 6.45) is 2.83. The summed E-state index contributed by atoms with van der Waals surface area (Å²) in [5.74, 6) is 0.788. The molecule has 0 saturated carbocycles. The first kappa shape index (κ1) is 11.4. The maximum Gasteiger partial charge on any atom is 0.171 e. The van der Waals surface area contributed by atoms with Gasteiger partial charge in [0, 0.05) is 11.6 Å². The first-order valence-corrected chi connectivity index (χ1v) is 6.76. The molecular weight excluding hydrogens is 244 g/mol. The molecule has 0 fully saturated rings. The zero-order valence-corrected chi connectivity index (χ0v) is 10.9. The minimum atomic E-state index is 0.638. The molecule has 0 radical (unpaired) electrons. The Morgan fingerprint density at radius 1 is 1.39 bits per heavy atom. The highest BCUT2D eigenvalue weighted by Gasteiger charge is 2.11. The van der Waals surface area contributed by atoms with Crippen molar-refractivity contribution < 1.29 is 0 Å². The molecular formula is C13H14N4S. The number of hydrogen-bond acceptors (Lipinski definition) is 4. The Hall–Kier alpha value is -1.72. The Bertz CT molecular complexity index is 670. The molecule has 0 bridgehead atoms. The number of aromatic nitrogens is 3. The van der Waals surface area contributed by atoms with Crippen molar-refractivity contribution in [2.24, 2.45) is 5.73 Å². The van der Waals surface area contributed by atoms with Crippen molar-refractivity contribution in [1.29, 1.82) is 0 Å². The van der Waals surface area contributed by atoms with Crippen LogP contribution in [0.1, 0.15) is 11.3 Å². The minimum absolute atomic E-state index is 0.638. The molecule has 3 N–H and O–H groups in total. The SMILES string of the molecule is Cc1nc(-c2cccs2)nc2[nH]cc(CCN)c12. The van der Waals surface area contributed by atoms with Crippen molar-refractivity contribution >= 4 is 22.4 Å². The van der Waals surface area contributed by atoms with Crippen LogP contribution in [-0.2, 0) is 6.42 Å². The summed E-state index contributed by atoms with van der Waals surface area (Å²) in [7, 11) is 0. The van der Waals surface area contributed by atoms with E-state index in [9.17, 15) is 0 Å². The molecule has 3 heterocycles. The van der Waals surface area contributed by atoms with Crippen LogP contribution in [0.4, 0.5) is 0 Å². The predicted octanol–water partition coefficient (Wildman–Crippen LogP) is 2.50. The molecule has 0 aliphatic heterocycles. The number of thiophene rings is 1. The number of aromatic amines is 1. The van der Waals surface area contributed by atoms with Crippen LogP contribution in [0.2, 0.25) is 0 Å². The van der Waals surface area contributed by atoms with E-state index in [1.807, 2.05) is 30.6 Å². The van der Waals surface area contributed by atoms with Crippen LogP contribution in [0.5, 0.6) is 0 Å². The van der Waals surface area contributed by atoms with Gasteiger partial charge < -0.3 is 10.7 Å². The highest BCUT2D eigenvalue weighted by molar-refractivity contribution is 7.13. The summed E-state index contributed by atoms with van der Waals surface area (Å²) in [5, 5.41) is 3.15. The molecule has 18 heavy (non-hydrogen) atoms. The molecule has 0 atom stereocenters. The van der Waals surface area contributed by atoms with Gasteiger partial charge in [0.15, 0.2) is 5.82 Å². The Kier molecular flexibility index (Phi) is 2.85. The van der Waals surface area contributed by atoms with Gasteiger partial charge in [-0.1, -0.05) is 6.07 Å². The van der Waals surface area contributed by atoms with Gasteiger partial charge in [-0.2, -0.15) is 0 Å². The van der Waals surface area contributed by atoms with Crippen LogP contribution in [0.25, 0.3) is 21.7 Å². The summed E-state index contributed by atoms with van der Waals surface area (Å²) >= 11 is 1.65. The third-order valence-corrected chi connectivity index (χ3v) is 3.82. The van der Waals surface area contributed by atoms with Crippen LogP contribution in [0.15, 0.2) is 23.7 Å². The highest BCUT2D eigenvalue weighted by Crippen LogP contribution is 2.26. The normalized spacial score (nSPS) is 11.2. The smallest absolute Gasteiger partial charge is 0.171 e. The number of nitrogens with zero attached hydrogens (tertiary/aromatic N) is 2. The van der Waals surface area contributed by atoms with Crippen LogP contribution >= 0.6 is 11.3 Å². The van der Waals surface area contributed by atoms with E-state index in [4.69, 9.17) is 5.73 Å². The fourth-order valence-electron chi connectivity index (χ4n) is 2.16. The molecule has 3 aromatic heterocycles. The first-order valence-electron chi connectivity index (χ1n) is 5.88. The van der Waals surface area contributed by atoms with Crippen molar-refractivity contribution in [3.05, 3.63) is 35.0 Å². The molecule has 3 rings (SSSR count).